The fraction of sp³-hybridized carbons (Fsp3) is 0.846. The summed E-state index contributed by atoms with van der Waals surface area (Å²) in [5.74, 6) is 6.63. The molecule has 0 spiro atoms. The molecular weight excluding hydrogens is 198 g/mol. The zero-order chi connectivity index (χ0) is 11.1. The van der Waals surface area contributed by atoms with Crippen molar-refractivity contribution in [2.45, 2.75) is 19.3 Å². The lowest BCUT2D eigenvalue weighted by molar-refractivity contribution is 0.254. The van der Waals surface area contributed by atoms with E-state index in [0.29, 0.717) is 0 Å². The second-order valence-electron chi connectivity index (χ2n) is 4.72. The molecule has 3 nitrogen and oxygen atoms in total. The Hall–Kier alpha value is -0.560. The van der Waals surface area contributed by atoms with Crippen LogP contribution < -0.4 is 5.32 Å². The molecule has 0 aromatic heterocycles. The molecule has 2 rings (SSSR count). The Labute approximate surface area is 99.2 Å². The Morgan fingerprint density at radius 1 is 0.750 bits per heavy atom. The second kappa shape index (κ2) is 6.90. The Morgan fingerprint density at radius 3 is 1.94 bits per heavy atom. The van der Waals surface area contributed by atoms with E-state index in [2.05, 4.69) is 27.0 Å². The van der Waals surface area contributed by atoms with E-state index >= 15 is 0 Å². The number of likely N-dealkylation sites (tertiary alicyclic amines) is 1. The first-order chi connectivity index (χ1) is 7.95. The van der Waals surface area contributed by atoms with Crippen molar-refractivity contribution in [1.82, 2.24) is 15.1 Å². The van der Waals surface area contributed by atoms with Crippen molar-refractivity contribution in [2.75, 3.05) is 52.4 Å². The van der Waals surface area contributed by atoms with Gasteiger partial charge in [-0.25, -0.2) is 0 Å². The molecule has 0 radical (unpaired) electrons. The van der Waals surface area contributed by atoms with Crippen molar-refractivity contribution in [3.8, 4) is 11.8 Å². The van der Waals surface area contributed by atoms with Crippen molar-refractivity contribution < 1.29 is 0 Å². The highest BCUT2D eigenvalue weighted by Crippen LogP contribution is 2.07. The molecule has 1 N–H and O–H groups in total. The standard InChI is InChI=1S/C13H23N3/c1-2-8-15(9-3-1)10-4-5-11-16-12-6-14-7-13-16/h14H,1-3,6-13H2. The minimum atomic E-state index is 0.954. The fourth-order valence-electron chi connectivity index (χ4n) is 2.32. The Bertz CT molecular complexity index is 218. The van der Waals surface area contributed by atoms with E-state index in [1.807, 2.05) is 0 Å². The SMILES string of the molecule is C(#CCN1CCNCC1)CN1CCCCC1. The molecule has 16 heavy (non-hydrogen) atoms. The maximum absolute atomic E-state index is 3.36. The van der Waals surface area contributed by atoms with Gasteiger partial charge in [0.1, 0.15) is 0 Å². The van der Waals surface area contributed by atoms with Gasteiger partial charge in [0.25, 0.3) is 0 Å². The van der Waals surface area contributed by atoms with E-state index < -0.39 is 0 Å². The van der Waals surface area contributed by atoms with Crippen LogP contribution >= 0.6 is 0 Å². The molecule has 2 saturated heterocycles. The summed E-state index contributed by atoms with van der Waals surface area (Å²) in [4.78, 5) is 4.91. The van der Waals surface area contributed by atoms with Gasteiger partial charge in [0.05, 0.1) is 13.1 Å². The summed E-state index contributed by atoms with van der Waals surface area (Å²) in [5, 5.41) is 3.36. The summed E-state index contributed by atoms with van der Waals surface area (Å²) in [6.07, 6.45) is 4.13. The summed E-state index contributed by atoms with van der Waals surface area (Å²) in [6, 6.07) is 0. The van der Waals surface area contributed by atoms with Crippen LogP contribution in [0.4, 0.5) is 0 Å². The average Bonchev–Trinajstić information content (AvgIpc) is 2.37. The summed E-state index contributed by atoms with van der Waals surface area (Å²) < 4.78 is 0. The first-order valence-corrected chi connectivity index (χ1v) is 6.56. The predicted molar refractivity (Wildman–Crippen MR) is 67.4 cm³/mol. The maximum atomic E-state index is 3.36. The van der Waals surface area contributed by atoms with Crippen molar-refractivity contribution in [3.63, 3.8) is 0 Å². The Morgan fingerprint density at radius 2 is 1.31 bits per heavy atom. The van der Waals surface area contributed by atoms with Crippen molar-refractivity contribution >= 4 is 0 Å². The summed E-state index contributed by atoms with van der Waals surface area (Å²) in [7, 11) is 0. The quantitative estimate of drug-likeness (QED) is 0.680. The van der Waals surface area contributed by atoms with Crippen LogP contribution in [0, 0.1) is 11.8 Å². The van der Waals surface area contributed by atoms with Gasteiger partial charge in [-0.3, -0.25) is 9.80 Å². The molecule has 2 aliphatic heterocycles. The number of nitrogens with one attached hydrogen (secondary N) is 1. The Kier molecular flexibility index (Phi) is 5.14. The highest BCUT2D eigenvalue weighted by Gasteiger charge is 2.08. The van der Waals surface area contributed by atoms with Gasteiger partial charge in [0.15, 0.2) is 0 Å². The van der Waals surface area contributed by atoms with Crippen LogP contribution in [0.2, 0.25) is 0 Å². The van der Waals surface area contributed by atoms with E-state index in [9.17, 15) is 0 Å². The molecule has 2 heterocycles. The molecule has 2 aliphatic rings. The van der Waals surface area contributed by atoms with Gasteiger partial charge < -0.3 is 5.32 Å². The predicted octanol–water partition coefficient (Wildman–Crippen LogP) is 0.381. The van der Waals surface area contributed by atoms with Gasteiger partial charge in [-0.05, 0) is 25.9 Å². The first-order valence-electron chi connectivity index (χ1n) is 6.56. The minimum absolute atomic E-state index is 0.954. The van der Waals surface area contributed by atoms with Crippen LogP contribution in [0.15, 0.2) is 0 Å². The molecule has 90 valence electrons. The van der Waals surface area contributed by atoms with E-state index in [1.54, 1.807) is 0 Å². The van der Waals surface area contributed by atoms with Crippen LogP contribution in [-0.2, 0) is 0 Å². The number of piperazine rings is 1. The smallest absolute Gasteiger partial charge is 0.0602 e. The molecule has 0 aliphatic carbocycles. The summed E-state index contributed by atoms with van der Waals surface area (Å²) in [5.41, 5.74) is 0. The van der Waals surface area contributed by atoms with Crippen LogP contribution in [0.5, 0.6) is 0 Å². The van der Waals surface area contributed by atoms with Gasteiger partial charge >= 0.3 is 0 Å². The molecule has 2 fully saturated rings. The molecule has 0 atom stereocenters. The zero-order valence-electron chi connectivity index (χ0n) is 10.2. The van der Waals surface area contributed by atoms with E-state index in [-0.39, 0.29) is 0 Å². The summed E-state index contributed by atoms with van der Waals surface area (Å²) >= 11 is 0. The van der Waals surface area contributed by atoms with Gasteiger partial charge in [0, 0.05) is 26.2 Å². The number of hydrogen-bond acceptors (Lipinski definition) is 3. The summed E-state index contributed by atoms with van der Waals surface area (Å²) in [6.45, 7) is 8.98. The number of nitrogens with zero attached hydrogens (tertiary/aromatic N) is 2. The third kappa shape index (κ3) is 4.13. The molecular formula is C13H23N3. The largest absolute Gasteiger partial charge is 0.314 e. The lowest BCUT2D eigenvalue weighted by Crippen LogP contribution is -2.43. The van der Waals surface area contributed by atoms with Crippen LogP contribution in [0.25, 0.3) is 0 Å². The monoisotopic (exact) mass is 221 g/mol. The van der Waals surface area contributed by atoms with E-state index in [4.69, 9.17) is 0 Å². The van der Waals surface area contributed by atoms with E-state index in [1.165, 1.54) is 32.4 Å². The molecule has 0 saturated carbocycles. The van der Waals surface area contributed by atoms with Gasteiger partial charge in [-0.2, -0.15) is 0 Å². The van der Waals surface area contributed by atoms with Crippen LogP contribution in [0.1, 0.15) is 19.3 Å². The van der Waals surface area contributed by atoms with Crippen molar-refractivity contribution in [3.05, 3.63) is 0 Å². The highest BCUT2D eigenvalue weighted by molar-refractivity contribution is 5.03. The van der Waals surface area contributed by atoms with Crippen molar-refractivity contribution in [2.24, 2.45) is 0 Å². The van der Waals surface area contributed by atoms with E-state index in [0.717, 1.165) is 39.3 Å². The van der Waals surface area contributed by atoms with Crippen LogP contribution in [0.3, 0.4) is 0 Å². The molecule has 0 aromatic carbocycles. The third-order valence-electron chi connectivity index (χ3n) is 3.39. The molecule has 0 bridgehead atoms. The second-order valence-corrected chi connectivity index (χ2v) is 4.72. The minimum Gasteiger partial charge on any atom is -0.314 e. The normalized spacial score (nSPS) is 23.8. The van der Waals surface area contributed by atoms with Crippen molar-refractivity contribution in [1.29, 1.82) is 0 Å². The molecule has 0 unspecified atom stereocenters. The fourth-order valence-corrected chi connectivity index (χ4v) is 2.32. The number of hydrogen-bond donors (Lipinski definition) is 1. The topological polar surface area (TPSA) is 18.5 Å². The van der Waals surface area contributed by atoms with Crippen LogP contribution in [-0.4, -0.2) is 62.2 Å². The number of piperidine rings is 1. The lowest BCUT2D eigenvalue weighted by atomic mass is 10.1. The zero-order valence-corrected chi connectivity index (χ0v) is 10.2. The van der Waals surface area contributed by atoms with Gasteiger partial charge in [0.2, 0.25) is 0 Å². The van der Waals surface area contributed by atoms with Gasteiger partial charge in [-0.15, -0.1) is 0 Å². The molecule has 3 heteroatoms. The number of rotatable bonds is 2. The lowest BCUT2D eigenvalue weighted by Gasteiger charge is -2.25. The highest BCUT2D eigenvalue weighted by atomic mass is 15.2. The van der Waals surface area contributed by atoms with Gasteiger partial charge in [-0.1, -0.05) is 18.3 Å². The molecule has 0 amide bonds. The maximum Gasteiger partial charge on any atom is 0.0602 e. The third-order valence-corrected chi connectivity index (χ3v) is 3.39. The Balaban J connectivity index is 1.61. The average molecular weight is 221 g/mol. The molecule has 0 aromatic rings. The first kappa shape index (κ1) is 11.9.